The molecule has 2 aromatic rings. The number of halogens is 1. The summed E-state index contributed by atoms with van der Waals surface area (Å²) in [6.45, 7) is 3.94. The van der Waals surface area contributed by atoms with Crippen LogP contribution in [0.2, 0.25) is 5.02 Å². The van der Waals surface area contributed by atoms with E-state index >= 15 is 0 Å². The number of hydrogen-bond acceptors (Lipinski definition) is 2. The van der Waals surface area contributed by atoms with Gasteiger partial charge in [-0.2, -0.15) is 5.26 Å². The zero-order valence-corrected chi connectivity index (χ0v) is 12.1. The molecule has 0 aromatic heterocycles. The molecule has 0 fully saturated rings. The van der Waals surface area contributed by atoms with Gasteiger partial charge >= 0.3 is 0 Å². The zero-order valence-electron chi connectivity index (χ0n) is 11.4. The molecule has 2 rings (SSSR count). The second kappa shape index (κ2) is 5.90. The van der Waals surface area contributed by atoms with Gasteiger partial charge in [0, 0.05) is 10.6 Å². The molecule has 0 amide bonds. The lowest BCUT2D eigenvalue weighted by molar-refractivity contribution is 0.0979. The fraction of sp³-hybridized carbons (Fsp3) is 0.176. The average molecular weight is 284 g/mol. The number of rotatable bonds is 3. The summed E-state index contributed by atoms with van der Waals surface area (Å²) in [6, 6.07) is 14.4. The minimum absolute atomic E-state index is 0.182. The summed E-state index contributed by atoms with van der Waals surface area (Å²) in [5, 5.41) is 9.89. The van der Waals surface area contributed by atoms with Gasteiger partial charge in [-0.1, -0.05) is 35.9 Å². The summed E-state index contributed by atoms with van der Waals surface area (Å²) in [4.78, 5) is 12.5. The lowest BCUT2D eigenvalue weighted by Gasteiger charge is -2.10. The van der Waals surface area contributed by atoms with Crippen LogP contribution in [0.1, 0.15) is 33.0 Å². The molecule has 0 spiro atoms. The van der Waals surface area contributed by atoms with Gasteiger partial charge in [0.1, 0.15) is 5.92 Å². The molecule has 0 aliphatic heterocycles. The predicted molar refractivity (Wildman–Crippen MR) is 80.1 cm³/mol. The Bertz CT molecular complexity index is 683. The van der Waals surface area contributed by atoms with E-state index in [4.69, 9.17) is 11.6 Å². The van der Waals surface area contributed by atoms with Gasteiger partial charge in [0.15, 0.2) is 5.78 Å². The third-order valence-corrected chi connectivity index (χ3v) is 3.64. The Morgan fingerprint density at radius 1 is 1.10 bits per heavy atom. The normalized spacial score (nSPS) is 11.7. The third-order valence-electron chi connectivity index (χ3n) is 3.39. The second-order valence-electron chi connectivity index (χ2n) is 4.78. The first-order chi connectivity index (χ1) is 9.52. The van der Waals surface area contributed by atoms with E-state index in [0.29, 0.717) is 16.1 Å². The molecular weight excluding hydrogens is 270 g/mol. The highest BCUT2D eigenvalue weighted by atomic mass is 35.5. The van der Waals surface area contributed by atoms with Gasteiger partial charge in [-0.15, -0.1) is 0 Å². The SMILES string of the molecule is Cc1ccc(C(=O)C(C#N)c2ccc(Cl)cc2)cc1C. The molecule has 0 radical (unpaired) electrons. The number of ketones is 1. The average Bonchev–Trinajstić information content (AvgIpc) is 2.44. The molecule has 1 atom stereocenters. The number of Topliss-reactive ketones (excluding diaryl/α,β-unsaturated/α-hetero) is 1. The first-order valence-corrected chi connectivity index (χ1v) is 6.67. The maximum absolute atomic E-state index is 12.5. The topological polar surface area (TPSA) is 40.9 Å². The van der Waals surface area contributed by atoms with E-state index in [-0.39, 0.29) is 5.78 Å². The molecule has 3 heteroatoms. The highest BCUT2D eigenvalue weighted by Gasteiger charge is 2.21. The number of nitrogens with zero attached hydrogens (tertiary/aromatic N) is 1. The van der Waals surface area contributed by atoms with Gasteiger partial charge in [0.2, 0.25) is 0 Å². The summed E-state index contributed by atoms with van der Waals surface area (Å²) < 4.78 is 0. The van der Waals surface area contributed by atoms with Crippen LogP contribution in [0.4, 0.5) is 0 Å². The van der Waals surface area contributed by atoms with Crippen molar-refractivity contribution in [3.63, 3.8) is 0 Å². The Balaban J connectivity index is 2.36. The number of nitriles is 1. The molecule has 0 saturated heterocycles. The van der Waals surface area contributed by atoms with Gasteiger partial charge in [0.05, 0.1) is 6.07 Å². The van der Waals surface area contributed by atoms with E-state index in [0.717, 1.165) is 11.1 Å². The smallest absolute Gasteiger partial charge is 0.184 e. The van der Waals surface area contributed by atoms with E-state index in [1.54, 1.807) is 30.3 Å². The first kappa shape index (κ1) is 14.3. The van der Waals surface area contributed by atoms with Crippen LogP contribution in [0, 0.1) is 25.2 Å². The molecular formula is C17H14ClNO. The van der Waals surface area contributed by atoms with Crippen molar-refractivity contribution >= 4 is 17.4 Å². The van der Waals surface area contributed by atoms with Crippen molar-refractivity contribution in [2.24, 2.45) is 0 Å². The highest BCUT2D eigenvalue weighted by Crippen LogP contribution is 2.23. The van der Waals surface area contributed by atoms with Gasteiger partial charge in [-0.05, 0) is 48.7 Å². The van der Waals surface area contributed by atoms with Crippen molar-refractivity contribution < 1.29 is 4.79 Å². The summed E-state index contributed by atoms with van der Waals surface area (Å²) in [7, 11) is 0. The van der Waals surface area contributed by atoms with Crippen molar-refractivity contribution in [2.45, 2.75) is 19.8 Å². The minimum atomic E-state index is -0.797. The van der Waals surface area contributed by atoms with Crippen LogP contribution < -0.4 is 0 Å². The van der Waals surface area contributed by atoms with Gasteiger partial charge in [0.25, 0.3) is 0 Å². The highest BCUT2D eigenvalue weighted by molar-refractivity contribution is 6.30. The van der Waals surface area contributed by atoms with Gasteiger partial charge < -0.3 is 0 Å². The minimum Gasteiger partial charge on any atom is -0.292 e. The number of carbonyl (C=O) groups is 1. The Labute approximate surface area is 123 Å². The number of carbonyl (C=O) groups excluding carboxylic acids is 1. The van der Waals surface area contributed by atoms with Crippen molar-refractivity contribution in [1.29, 1.82) is 5.26 Å². The predicted octanol–water partition coefficient (Wildman–Crippen LogP) is 4.45. The van der Waals surface area contributed by atoms with Crippen molar-refractivity contribution in [3.8, 4) is 6.07 Å². The molecule has 20 heavy (non-hydrogen) atoms. The van der Waals surface area contributed by atoms with Crippen molar-refractivity contribution in [2.75, 3.05) is 0 Å². The van der Waals surface area contributed by atoms with E-state index in [1.165, 1.54) is 0 Å². The molecule has 0 saturated carbocycles. The largest absolute Gasteiger partial charge is 0.292 e. The molecule has 0 bridgehead atoms. The van der Waals surface area contributed by atoms with E-state index in [2.05, 4.69) is 6.07 Å². The zero-order chi connectivity index (χ0) is 14.7. The van der Waals surface area contributed by atoms with Gasteiger partial charge in [-0.3, -0.25) is 4.79 Å². The van der Waals surface area contributed by atoms with Crippen LogP contribution in [-0.4, -0.2) is 5.78 Å². The Morgan fingerprint density at radius 2 is 1.75 bits per heavy atom. The third kappa shape index (κ3) is 2.89. The molecule has 1 unspecified atom stereocenters. The number of benzene rings is 2. The molecule has 0 aliphatic rings. The quantitative estimate of drug-likeness (QED) is 0.781. The van der Waals surface area contributed by atoms with Crippen LogP contribution >= 0.6 is 11.6 Å². The van der Waals surface area contributed by atoms with E-state index < -0.39 is 5.92 Å². The van der Waals surface area contributed by atoms with Crippen LogP contribution in [0.5, 0.6) is 0 Å². The summed E-state index contributed by atoms with van der Waals surface area (Å²) in [5.41, 5.74) is 3.40. The maximum Gasteiger partial charge on any atom is 0.184 e. The van der Waals surface area contributed by atoms with Gasteiger partial charge in [-0.25, -0.2) is 0 Å². The summed E-state index contributed by atoms with van der Waals surface area (Å²) >= 11 is 5.83. The Hall–Kier alpha value is -2.11. The second-order valence-corrected chi connectivity index (χ2v) is 5.21. The Morgan fingerprint density at radius 3 is 2.30 bits per heavy atom. The molecule has 2 aromatic carbocycles. The molecule has 100 valence electrons. The number of hydrogen-bond donors (Lipinski definition) is 0. The van der Waals surface area contributed by atoms with Crippen LogP contribution in [0.3, 0.4) is 0 Å². The lowest BCUT2D eigenvalue weighted by atomic mass is 9.91. The maximum atomic E-state index is 12.5. The van der Waals surface area contributed by atoms with E-state index in [1.807, 2.05) is 26.0 Å². The fourth-order valence-electron chi connectivity index (χ4n) is 2.00. The van der Waals surface area contributed by atoms with Crippen LogP contribution in [-0.2, 0) is 0 Å². The molecule has 0 heterocycles. The van der Waals surface area contributed by atoms with Crippen LogP contribution in [0.25, 0.3) is 0 Å². The summed E-state index contributed by atoms with van der Waals surface area (Å²) in [6.07, 6.45) is 0. The Kier molecular flexibility index (Phi) is 4.22. The molecule has 0 N–H and O–H groups in total. The first-order valence-electron chi connectivity index (χ1n) is 6.29. The van der Waals surface area contributed by atoms with Crippen molar-refractivity contribution in [3.05, 3.63) is 69.7 Å². The summed E-state index contributed by atoms with van der Waals surface area (Å²) in [5.74, 6) is -0.979. The van der Waals surface area contributed by atoms with Crippen LogP contribution in [0.15, 0.2) is 42.5 Å². The number of aryl methyl sites for hydroxylation is 2. The molecule has 2 nitrogen and oxygen atoms in total. The fourth-order valence-corrected chi connectivity index (χ4v) is 2.13. The molecule has 0 aliphatic carbocycles. The standard InChI is InChI=1S/C17H14ClNO/c1-11-3-4-14(9-12(11)2)17(20)16(10-19)13-5-7-15(18)8-6-13/h3-9,16H,1-2H3. The van der Waals surface area contributed by atoms with Crippen molar-refractivity contribution in [1.82, 2.24) is 0 Å². The van der Waals surface area contributed by atoms with E-state index in [9.17, 15) is 10.1 Å². The lowest BCUT2D eigenvalue weighted by Crippen LogP contribution is -2.11. The monoisotopic (exact) mass is 283 g/mol.